The van der Waals surface area contributed by atoms with E-state index in [0.717, 1.165) is 0 Å². The number of hydrogen-bond acceptors (Lipinski definition) is 3. The van der Waals surface area contributed by atoms with Crippen molar-refractivity contribution in [2.24, 2.45) is 5.92 Å². The molecule has 0 bridgehead atoms. The van der Waals surface area contributed by atoms with Gasteiger partial charge in [0.05, 0.1) is 0 Å². The van der Waals surface area contributed by atoms with Crippen molar-refractivity contribution in [2.75, 3.05) is 26.7 Å². The fraction of sp³-hybridized carbons (Fsp3) is 0.571. The Kier molecular flexibility index (Phi) is 6.99. The summed E-state index contributed by atoms with van der Waals surface area (Å²) in [6.07, 6.45) is 1.66. The van der Waals surface area contributed by atoms with Gasteiger partial charge in [0.2, 0.25) is 11.8 Å². The van der Waals surface area contributed by atoms with E-state index in [4.69, 9.17) is 0 Å². The van der Waals surface area contributed by atoms with Gasteiger partial charge in [-0.3, -0.25) is 14.4 Å². The zero-order valence-electron chi connectivity index (χ0n) is 16.8. The van der Waals surface area contributed by atoms with Gasteiger partial charge in [0.1, 0.15) is 0 Å². The smallest absolute Gasteiger partial charge is 0.251 e. The number of nitrogens with zero attached hydrogens (tertiary/aromatic N) is 1. The molecule has 3 amide bonds. The highest BCUT2D eigenvalue weighted by molar-refractivity contribution is 5.94. The number of carbonyl (C=O) groups is 3. The average Bonchev–Trinajstić information content (AvgIpc) is 2.66. The van der Waals surface area contributed by atoms with Crippen molar-refractivity contribution in [2.45, 2.75) is 45.4 Å². The summed E-state index contributed by atoms with van der Waals surface area (Å²) in [5, 5.41) is 5.48. The van der Waals surface area contributed by atoms with Gasteiger partial charge >= 0.3 is 0 Å². The van der Waals surface area contributed by atoms with E-state index in [-0.39, 0.29) is 35.5 Å². The Bertz CT molecular complexity index is 669. The highest BCUT2D eigenvalue weighted by Gasteiger charge is 2.26. The van der Waals surface area contributed by atoms with Crippen LogP contribution in [0.1, 0.15) is 56.0 Å². The molecule has 27 heavy (non-hydrogen) atoms. The molecule has 1 fully saturated rings. The Morgan fingerprint density at radius 1 is 1.07 bits per heavy atom. The molecule has 0 spiro atoms. The van der Waals surface area contributed by atoms with Crippen molar-refractivity contribution in [3.63, 3.8) is 0 Å². The predicted molar refractivity (Wildman–Crippen MR) is 105 cm³/mol. The third-order valence-corrected chi connectivity index (χ3v) is 5.10. The lowest BCUT2D eigenvalue weighted by molar-refractivity contribution is -0.135. The van der Waals surface area contributed by atoms with E-state index in [0.29, 0.717) is 38.0 Å². The lowest BCUT2D eigenvalue weighted by Crippen LogP contribution is -2.43. The first-order chi connectivity index (χ1) is 12.7. The van der Waals surface area contributed by atoms with Gasteiger partial charge in [-0.25, -0.2) is 0 Å². The highest BCUT2D eigenvalue weighted by atomic mass is 16.2. The first-order valence-corrected chi connectivity index (χ1v) is 9.60. The SMILES string of the molecule is CNC(=O)C1CCN(C(=O)CCNC(=O)c2ccc(C(C)(C)C)cc2)CC1. The van der Waals surface area contributed by atoms with Crippen LogP contribution in [0.3, 0.4) is 0 Å². The predicted octanol–water partition coefficient (Wildman–Crippen LogP) is 2.09. The molecule has 1 saturated heterocycles. The molecule has 1 aliphatic heterocycles. The minimum atomic E-state index is -0.165. The molecule has 0 atom stereocenters. The van der Waals surface area contributed by atoms with Gasteiger partial charge in [-0.05, 0) is 36.0 Å². The molecule has 1 aromatic carbocycles. The Balaban J connectivity index is 1.75. The van der Waals surface area contributed by atoms with Crippen molar-refractivity contribution in [1.82, 2.24) is 15.5 Å². The fourth-order valence-electron chi connectivity index (χ4n) is 3.26. The summed E-state index contributed by atoms with van der Waals surface area (Å²) in [6.45, 7) is 7.90. The lowest BCUT2D eigenvalue weighted by Gasteiger charge is -2.31. The van der Waals surface area contributed by atoms with E-state index in [2.05, 4.69) is 31.4 Å². The van der Waals surface area contributed by atoms with Crippen LogP contribution in [-0.2, 0) is 15.0 Å². The molecule has 0 aromatic heterocycles. The molecular formula is C21H31N3O3. The molecule has 1 heterocycles. The molecule has 0 aliphatic carbocycles. The van der Waals surface area contributed by atoms with Gasteiger partial charge < -0.3 is 15.5 Å². The molecule has 6 heteroatoms. The zero-order valence-corrected chi connectivity index (χ0v) is 16.8. The minimum absolute atomic E-state index is 0.00479. The third kappa shape index (κ3) is 5.81. The molecule has 6 nitrogen and oxygen atoms in total. The van der Waals surface area contributed by atoms with Crippen LogP contribution in [0.15, 0.2) is 24.3 Å². The Morgan fingerprint density at radius 3 is 2.19 bits per heavy atom. The normalized spacial score (nSPS) is 15.3. The quantitative estimate of drug-likeness (QED) is 0.829. The molecule has 2 rings (SSSR count). The summed E-state index contributed by atoms with van der Waals surface area (Å²) in [6, 6.07) is 7.58. The van der Waals surface area contributed by atoms with E-state index in [1.807, 2.05) is 24.3 Å². The van der Waals surface area contributed by atoms with Crippen molar-refractivity contribution in [1.29, 1.82) is 0 Å². The molecule has 0 saturated carbocycles. The van der Waals surface area contributed by atoms with Crippen molar-refractivity contribution >= 4 is 17.7 Å². The van der Waals surface area contributed by atoms with Gasteiger partial charge in [-0.15, -0.1) is 0 Å². The van der Waals surface area contributed by atoms with Gasteiger partial charge in [0.15, 0.2) is 0 Å². The monoisotopic (exact) mass is 373 g/mol. The van der Waals surface area contributed by atoms with Crippen LogP contribution < -0.4 is 10.6 Å². The largest absolute Gasteiger partial charge is 0.359 e. The second-order valence-electron chi connectivity index (χ2n) is 8.10. The van der Waals surface area contributed by atoms with Gasteiger partial charge in [0.25, 0.3) is 5.91 Å². The first kappa shape index (κ1) is 20.9. The highest BCUT2D eigenvalue weighted by Crippen LogP contribution is 2.22. The van der Waals surface area contributed by atoms with E-state index in [9.17, 15) is 14.4 Å². The topological polar surface area (TPSA) is 78.5 Å². The van der Waals surface area contributed by atoms with Crippen molar-refractivity contribution in [3.8, 4) is 0 Å². The number of nitrogens with one attached hydrogen (secondary N) is 2. The molecule has 0 radical (unpaired) electrons. The van der Waals surface area contributed by atoms with Crippen LogP contribution in [0.5, 0.6) is 0 Å². The van der Waals surface area contributed by atoms with Crippen LogP contribution >= 0.6 is 0 Å². The average molecular weight is 373 g/mol. The second-order valence-corrected chi connectivity index (χ2v) is 8.10. The second kappa shape index (κ2) is 9.02. The van der Waals surface area contributed by atoms with Crippen LogP contribution in [0, 0.1) is 5.92 Å². The summed E-state index contributed by atoms with van der Waals surface area (Å²) in [4.78, 5) is 37.9. The van der Waals surface area contributed by atoms with E-state index >= 15 is 0 Å². The third-order valence-electron chi connectivity index (χ3n) is 5.10. The molecular weight excluding hydrogens is 342 g/mol. The van der Waals surface area contributed by atoms with E-state index < -0.39 is 0 Å². The molecule has 2 N–H and O–H groups in total. The number of likely N-dealkylation sites (tertiary alicyclic amines) is 1. The van der Waals surface area contributed by atoms with Crippen molar-refractivity contribution in [3.05, 3.63) is 35.4 Å². The summed E-state index contributed by atoms with van der Waals surface area (Å²) in [5.41, 5.74) is 1.82. The van der Waals surface area contributed by atoms with E-state index in [1.165, 1.54) is 5.56 Å². The number of amides is 3. The number of hydrogen-bond donors (Lipinski definition) is 2. The lowest BCUT2D eigenvalue weighted by atomic mass is 9.87. The maximum Gasteiger partial charge on any atom is 0.251 e. The summed E-state index contributed by atoms with van der Waals surface area (Å²) in [7, 11) is 1.64. The van der Waals surface area contributed by atoms with Gasteiger partial charge in [-0.2, -0.15) is 0 Å². The van der Waals surface area contributed by atoms with Crippen LogP contribution in [-0.4, -0.2) is 49.3 Å². The maximum absolute atomic E-state index is 12.3. The van der Waals surface area contributed by atoms with Crippen LogP contribution in [0.4, 0.5) is 0 Å². The zero-order chi connectivity index (χ0) is 20.0. The summed E-state index contributed by atoms with van der Waals surface area (Å²) < 4.78 is 0. The van der Waals surface area contributed by atoms with Crippen LogP contribution in [0.25, 0.3) is 0 Å². The fourth-order valence-corrected chi connectivity index (χ4v) is 3.26. The number of piperidine rings is 1. The van der Waals surface area contributed by atoms with Gasteiger partial charge in [-0.1, -0.05) is 32.9 Å². The minimum Gasteiger partial charge on any atom is -0.359 e. The van der Waals surface area contributed by atoms with Crippen molar-refractivity contribution < 1.29 is 14.4 Å². The molecule has 1 aliphatic rings. The molecule has 148 valence electrons. The standard InChI is InChI=1S/C21H31N3O3/c1-21(2,3)17-7-5-15(6-8-17)20(27)23-12-9-18(25)24-13-10-16(11-14-24)19(26)22-4/h5-8,16H,9-14H2,1-4H3,(H,22,26)(H,23,27). The number of rotatable bonds is 5. The maximum atomic E-state index is 12.3. The summed E-state index contributed by atoms with van der Waals surface area (Å²) >= 11 is 0. The Hall–Kier alpha value is -2.37. The molecule has 0 unspecified atom stereocenters. The summed E-state index contributed by atoms with van der Waals surface area (Å²) in [5.74, 6) is -0.100. The Morgan fingerprint density at radius 2 is 1.67 bits per heavy atom. The first-order valence-electron chi connectivity index (χ1n) is 9.60. The van der Waals surface area contributed by atoms with Gasteiger partial charge in [0, 0.05) is 44.6 Å². The van der Waals surface area contributed by atoms with E-state index in [1.54, 1.807) is 11.9 Å². The van der Waals surface area contributed by atoms with Crippen LogP contribution in [0.2, 0.25) is 0 Å². The number of benzene rings is 1. The molecule has 1 aromatic rings. The Labute approximate surface area is 161 Å². The number of carbonyl (C=O) groups excluding carboxylic acids is 3.